The Kier molecular flexibility index (Phi) is 47.6. The van der Waals surface area contributed by atoms with E-state index in [9.17, 15) is 63.0 Å². The first-order chi connectivity index (χ1) is 36.6. The van der Waals surface area contributed by atoms with Crippen molar-refractivity contribution in [3.63, 3.8) is 0 Å². The van der Waals surface area contributed by atoms with E-state index in [1.807, 2.05) is 0 Å². The Morgan fingerprint density at radius 2 is 1.04 bits per heavy atom. The number of nitrogens with two attached hydrogens (primary N) is 1. The van der Waals surface area contributed by atoms with Crippen LogP contribution >= 0.6 is 11.8 Å². The number of nitrogens with one attached hydrogen (secondary N) is 3. The van der Waals surface area contributed by atoms with Gasteiger partial charge in [0.05, 0.1) is 69.9 Å². The Labute approximate surface area is 457 Å². The Morgan fingerprint density at radius 1 is 0.532 bits per heavy atom. The molecule has 0 spiro atoms. The Morgan fingerprint density at radius 3 is 1.56 bits per heavy atom. The molecule has 0 unspecified atom stereocenters. The van der Waals surface area contributed by atoms with E-state index < -0.39 is 60.2 Å². The number of aliphatic carboxylic acids is 4. The highest BCUT2D eigenvalue weighted by atomic mass is 32.2. The number of thioether (sulfide) groups is 1. The van der Waals surface area contributed by atoms with Gasteiger partial charge in [-0.05, 0) is 52.4 Å². The van der Waals surface area contributed by atoms with Crippen molar-refractivity contribution in [2.75, 3.05) is 84.1 Å². The summed E-state index contributed by atoms with van der Waals surface area (Å²) in [6.45, 7) is 5.00. The predicted molar refractivity (Wildman–Crippen MR) is 284 cm³/mol. The maximum Gasteiger partial charge on any atom is 0.326 e. The first-order valence-electron chi connectivity index (χ1n) is 26.7. The van der Waals surface area contributed by atoms with Crippen LogP contribution in [0.4, 0.5) is 0 Å². The van der Waals surface area contributed by atoms with Crippen molar-refractivity contribution < 1.29 is 97.2 Å². The minimum Gasteiger partial charge on any atom is -0.481 e. The summed E-state index contributed by atoms with van der Waals surface area (Å²) in [7, 11) is 0. The number of ether oxygens (including phenoxy) is 4. The molecular weight excluding hydrogens is 1030 g/mol. The number of aliphatic hydroxyl groups is 1. The quantitative estimate of drug-likeness (QED) is 0.0395. The van der Waals surface area contributed by atoms with Crippen molar-refractivity contribution in [1.29, 1.82) is 0 Å². The first-order valence-corrected chi connectivity index (χ1v) is 27.8. The first kappa shape index (κ1) is 74.2. The standard InChI is InChI=1S/C48H81N3O19S.C4H9NO/c1-2-35(41(55)29-37(30-52)47(63)64)33-71-34-38(53)15-11-9-10-14-36(46(61)62)28-39(54)31-69-26-24-68-23-21-50-44(58)32-70-27-25-67-22-20-49-42(56)19-18-40(48(65)66)51-43(57)16-12-7-5-3-4-6-8-13-17-45(59)60;1-3(5)4(2)6/h35-37,40,52H,2-34H2,1H3,(H,49,56)(H,50,58)(H,51,57)(H,59,60)(H,61,62)(H,63,64)(H,65,66);3H,5H2,1-2H3/t35-,36+,37-,40+;3-/m00/s1. The van der Waals surface area contributed by atoms with E-state index in [0.29, 0.717) is 50.7 Å². The van der Waals surface area contributed by atoms with Gasteiger partial charge in [-0.3, -0.25) is 47.9 Å². The molecule has 0 aromatic carbocycles. The zero-order valence-corrected chi connectivity index (χ0v) is 46.4. The molecule has 0 bridgehead atoms. The van der Waals surface area contributed by atoms with Gasteiger partial charge in [0.2, 0.25) is 17.7 Å². The van der Waals surface area contributed by atoms with Crippen LogP contribution in [0.3, 0.4) is 0 Å². The van der Waals surface area contributed by atoms with E-state index in [2.05, 4.69) is 16.0 Å². The molecule has 77 heavy (non-hydrogen) atoms. The molecule has 0 radical (unpaired) electrons. The van der Waals surface area contributed by atoms with Gasteiger partial charge in [0, 0.05) is 63.3 Å². The third-order valence-corrected chi connectivity index (χ3v) is 12.9. The molecule has 0 aliphatic carbocycles. The van der Waals surface area contributed by atoms with Crippen molar-refractivity contribution in [2.24, 2.45) is 23.5 Å². The number of unbranched alkanes of at least 4 members (excludes halogenated alkanes) is 9. The number of ketones is 4. The van der Waals surface area contributed by atoms with E-state index in [0.717, 1.165) is 38.5 Å². The molecule has 0 saturated carbocycles. The number of hydrogen-bond donors (Lipinski definition) is 9. The van der Waals surface area contributed by atoms with E-state index >= 15 is 0 Å². The van der Waals surface area contributed by atoms with Crippen LogP contribution in [-0.4, -0.2) is 186 Å². The minimum atomic E-state index is -1.23. The zero-order valence-electron chi connectivity index (χ0n) is 45.6. The van der Waals surface area contributed by atoms with Crippen molar-refractivity contribution in [3.8, 4) is 0 Å². The molecule has 444 valence electrons. The lowest BCUT2D eigenvalue weighted by molar-refractivity contribution is -0.145. The van der Waals surface area contributed by atoms with Crippen LogP contribution in [-0.2, 0) is 71.7 Å². The average molecular weight is 1120 g/mol. The van der Waals surface area contributed by atoms with Crippen molar-refractivity contribution in [2.45, 2.75) is 161 Å². The van der Waals surface area contributed by atoms with Crippen LogP contribution < -0.4 is 21.7 Å². The third kappa shape index (κ3) is 46.9. The summed E-state index contributed by atoms with van der Waals surface area (Å²) in [5.74, 6) is -7.94. The molecule has 0 aromatic rings. The monoisotopic (exact) mass is 1120 g/mol. The third-order valence-electron chi connectivity index (χ3n) is 11.7. The molecule has 0 rings (SSSR count). The maximum atomic E-state index is 12.4. The molecule has 3 amide bonds. The van der Waals surface area contributed by atoms with E-state index in [1.54, 1.807) is 13.8 Å². The van der Waals surface area contributed by atoms with Crippen molar-refractivity contribution in [3.05, 3.63) is 0 Å². The lowest BCUT2D eigenvalue weighted by Crippen LogP contribution is -2.41. The number of carbonyl (C=O) groups excluding carboxylic acids is 7. The van der Waals surface area contributed by atoms with Crippen molar-refractivity contribution >= 4 is 76.5 Å². The number of Topliss-reactive ketones (excluding diaryl/α,β-unsaturated/α-hetero) is 4. The average Bonchev–Trinajstić information content (AvgIpc) is 3.36. The van der Waals surface area contributed by atoms with Gasteiger partial charge in [0.15, 0.2) is 5.78 Å². The largest absolute Gasteiger partial charge is 0.481 e. The summed E-state index contributed by atoms with van der Waals surface area (Å²) >= 11 is 1.31. The van der Waals surface area contributed by atoms with Gasteiger partial charge in [-0.2, -0.15) is 11.8 Å². The van der Waals surface area contributed by atoms with E-state index in [1.165, 1.54) is 18.7 Å². The summed E-state index contributed by atoms with van der Waals surface area (Å²) in [6.07, 6.45) is 9.38. The number of aliphatic hydroxyl groups excluding tert-OH is 1. The summed E-state index contributed by atoms with van der Waals surface area (Å²) in [5, 5.41) is 53.7. The molecule has 0 fully saturated rings. The van der Waals surface area contributed by atoms with Crippen LogP contribution in [0.15, 0.2) is 0 Å². The highest BCUT2D eigenvalue weighted by Gasteiger charge is 2.26. The zero-order chi connectivity index (χ0) is 58.2. The van der Waals surface area contributed by atoms with E-state index in [4.69, 9.17) is 40.0 Å². The Balaban J connectivity index is 0. The second-order valence-corrected chi connectivity index (χ2v) is 19.6. The lowest BCUT2D eigenvalue weighted by Gasteiger charge is -2.15. The molecule has 5 atom stereocenters. The number of rotatable bonds is 52. The molecular formula is C52H90N4O20S. The van der Waals surface area contributed by atoms with Gasteiger partial charge < -0.3 is 66.2 Å². The molecule has 0 aromatic heterocycles. The molecule has 10 N–H and O–H groups in total. The summed E-state index contributed by atoms with van der Waals surface area (Å²) in [6, 6.07) is -1.47. The summed E-state index contributed by atoms with van der Waals surface area (Å²) in [4.78, 5) is 128. The SMILES string of the molecule is CC(=O)[C@H](C)N.CC[C@@H](CSCC(=O)CCCCC[C@H](CC(=O)COCCOCCNC(=O)COCCOCCNC(=O)CC[C@@H](NC(=O)CCCCCCCCCCC(=O)O)C(=O)O)C(=O)O)C(=O)C[C@@H](CO)C(=O)O. The van der Waals surface area contributed by atoms with Crippen LogP contribution in [0.1, 0.15) is 149 Å². The topological polar surface area (TPSA) is 388 Å². The molecule has 25 heteroatoms. The van der Waals surface area contributed by atoms with E-state index in [-0.39, 0.29) is 158 Å². The van der Waals surface area contributed by atoms with Gasteiger partial charge >= 0.3 is 23.9 Å². The second kappa shape index (κ2) is 49.4. The predicted octanol–water partition coefficient (Wildman–Crippen LogP) is 3.13. The fourth-order valence-corrected chi connectivity index (χ4v) is 8.07. The van der Waals surface area contributed by atoms with Gasteiger partial charge in [-0.15, -0.1) is 0 Å². The molecule has 0 aliphatic rings. The fourth-order valence-electron chi connectivity index (χ4n) is 6.88. The van der Waals surface area contributed by atoms with Gasteiger partial charge in [0.1, 0.15) is 36.6 Å². The van der Waals surface area contributed by atoms with Gasteiger partial charge in [0.25, 0.3) is 0 Å². The lowest BCUT2D eigenvalue weighted by atomic mass is 9.94. The van der Waals surface area contributed by atoms with Crippen LogP contribution in [0.2, 0.25) is 0 Å². The Hall–Kier alpha value is -4.92. The highest BCUT2D eigenvalue weighted by molar-refractivity contribution is 7.99. The number of hydrogen-bond acceptors (Lipinski definition) is 18. The van der Waals surface area contributed by atoms with Crippen molar-refractivity contribution in [1.82, 2.24) is 16.0 Å². The molecule has 0 aliphatic heterocycles. The van der Waals surface area contributed by atoms with Crippen LogP contribution in [0.25, 0.3) is 0 Å². The number of amides is 3. The molecule has 0 saturated heterocycles. The normalized spacial score (nSPS) is 12.9. The smallest absolute Gasteiger partial charge is 0.326 e. The summed E-state index contributed by atoms with van der Waals surface area (Å²) in [5.41, 5.74) is 5.09. The highest BCUT2D eigenvalue weighted by Crippen LogP contribution is 2.20. The molecule has 24 nitrogen and oxygen atoms in total. The summed E-state index contributed by atoms with van der Waals surface area (Å²) < 4.78 is 21.3. The minimum absolute atomic E-state index is 0.0110. The van der Waals surface area contributed by atoms with Crippen LogP contribution in [0.5, 0.6) is 0 Å². The molecule has 0 heterocycles. The van der Waals surface area contributed by atoms with Gasteiger partial charge in [-0.1, -0.05) is 58.3 Å². The number of carbonyl (C=O) groups is 11. The number of carboxylic acids is 4. The Bertz CT molecular complexity index is 1740. The fraction of sp³-hybridized carbons (Fsp3) is 0.788. The van der Waals surface area contributed by atoms with Gasteiger partial charge in [-0.25, -0.2) is 4.79 Å². The maximum absolute atomic E-state index is 12.4. The number of carboxylic acid groups (broad SMARTS) is 4. The van der Waals surface area contributed by atoms with Crippen LogP contribution in [0, 0.1) is 17.8 Å². The second-order valence-electron chi connectivity index (χ2n) is 18.6.